The first-order valence-electron chi connectivity index (χ1n) is 6.83. The first kappa shape index (κ1) is 16.0. The maximum atomic E-state index is 12.6. The number of rotatable bonds is 5. The van der Waals surface area contributed by atoms with Crippen molar-refractivity contribution in [1.29, 1.82) is 0 Å². The molecular weight excluding hydrogens is 296 g/mol. The summed E-state index contributed by atoms with van der Waals surface area (Å²) < 4.78 is 32.7. The summed E-state index contributed by atoms with van der Waals surface area (Å²) in [5.41, 5.74) is 0. The fourth-order valence-electron chi connectivity index (χ4n) is 2.48. The Kier molecular flexibility index (Phi) is 4.70. The molecule has 0 aromatic carbocycles. The lowest BCUT2D eigenvalue weighted by atomic mass is 10.1. The van der Waals surface area contributed by atoms with Crippen LogP contribution in [0.25, 0.3) is 0 Å². The molecule has 0 spiro atoms. The van der Waals surface area contributed by atoms with Crippen molar-refractivity contribution >= 4 is 16.2 Å². The van der Waals surface area contributed by atoms with Gasteiger partial charge < -0.3 is 9.52 Å². The van der Waals surface area contributed by atoms with E-state index < -0.39 is 22.2 Å². The van der Waals surface area contributed by atoms with Gasteiger partial charge in [-0.25, -0.2) is 0 Å². The summed E-state index contributed by atoms with van der Waals surface area (Å²) in [6.45, 7) is 2.10. The second-order valence-corrected chi connectivity index (χ2v) is 7.22. The summed E-state index contributed by atoms with van der Waals surface area (Å²) in [5, 5.41) is 9.20. The number of aliphatic carboxylic acids is 1. The lowest BCUT2D eigenvalue weighted by Crippen LogP contribution is -2.52. The third-order valence-corrected chi connectivity index (χ3v) is 5.55. The van der Waals surface area contributed by atoms with Gasteiger partial charge in [0.05, 0.1) is 6.54 Å². The Morgan fingerprint density at radius 1 is 1.48 bits per heavy atom. The van der Waals surface area contributed by atoms with E-state index in [2.05, 4.69) is 0 Å². The maximum Gasteiger partial charge on any atom is 0.322 e. The molecule has 2 heterocycles. The van der Waals surface area contributed by atoms with Crippen molar-refractivity contribution in [1.82, 2.24) is 8.61 Å². The van der Waals surface area contributed by atoms with Crippen LogP contribution in [0, 0.1) is 6.92 Å². The Morgan fingerprint density at radius 3 is 2.76 bits per heavy atom. The van der Waals surface area contributed by atoms with Gasteiger partial charge in [-0.15, -0.1) is 0 Å². The van der Waals surface area contributed by atoms with E-state index in [1.54, 1.807) is 19.1 Å². The highest BCUT2D eigenvalue weighted by molar-refractivity contribution is 7.86. The zero-order valence-electron chi connectivity index (χ0n) is 12.2. The minimum Gasteiger partial charge on any atom is -0.480 e. The summed E-state index contributed by atoms with van der Waals surface area (Å²) in [7, 11) is -2.39. The zero-order valence-corrected chi connectivity index (χ0v) is 13.0. The van der Waals surface area contributed by atoms with Gasteiger partial charge in [-0.2, -0.15) is 17.0 Å². The predicted octanol–water partition coefficient (Wildman–Crippen LogP) is 1.20. The summed E-state index contributed by atoms with van der Waals surface area (Å²) in [5.74, 6) is 0.139. The van der Waals surface area contributed by atoms with Gasteiger partial charge in [0.15, 0.2) is 0 Å². The first-order chi connectivity index (χ1) is 9.82. The van der Waals surface area contributed by atoms with Crippen LogP contribution in [-0.4, -0.2) is 47.7 Å². The molecule has 0 bridgehead atoms. The van der Waals surface area contributed by atoms with Crippen LogP contribution < -0.4 is 0 Å². The standard InChI is InChI=1S/C13H20N2O5S/c1-10-6-7-11(20-10)9-14(2)21(18,19)15-8-4-3-5-12(15)13(16)17/h6-7,12H,3-5,8-9H2,1-2H3,(H,16,17). The Labute approximate surface area is 124 Å². The second-order valence-electron chi connectivity index (χ2n) is 5.24. The third-order valence-electron chi connectivity index (χ3n) is 3.60. The number of aryl methyl sites for hydroxylation is 1. The molecule has 1 fully saturated rings. The molecule has 1 aliphatic heterocycles. The molecule has 8 heteroatoms. The SMILES string of the molecule is Cc1ccc(CN(C)S(=O)(=O)N2CCCCC2C(=O)O)o1. The van der Waals surface area contributed by atoms with Crippen molar-refractivity contribution in [3.63, 3.8) is 0 Å². The van der Waals surface area contributed by atoms with Crippen LogP contribution in [0.3, 0.4) is 0 Å². The molecule has 1 aromatic heterocycles. The highest BCUT2D eigenvalue weighted by Crippen LogP contribution is 2.23. The fraction of sp³-hybridized carbons (Fsp3) is 0.615. The van der Waals surface area contributed by atoms with Crippen molar-refractivity contribution in [2.24, 2.45) is 0 Å². The lowest BCUT2D eigenvalue weighted by Gasteiger charge is -2.34. The van der Waals surface area contributed by atoms with E-state index in [9.17, 15) is 18.3 Å². The van der Waals surface area contributed by atoms with Gasteiger partial charge in [-0.3, -0.25) is 4.79 Å². The minimum atomic E-state index is -3.82. The average Bonchev–Trinajstić information content (AvgIpc) is 2.84. The van der Waals surface area contributed by atoms with Crippen molar-refractivity contribution in [3.05, 3.63) is 23.7 Å². The second kappa shape index (κ2) is 6.17. The van der Waals surface area contributed by atoms with Gasteiger partial charge in [0.2, 0.25) is 0 Å². The van der Waals surface area contributed by atoms with Gasteiger partial charge in [-0.1, -0.05) is 0 Å². The smallest absolute Gasteiger partial charge is 0.322 e. The third kappa shape index (κ3) is 3.45. The molecule has 2 rings (SSSR count). The van der Waals surface area contributed by atoms with E-state index in [1.807, 2.05) is 0 Å². The van der Waals surface area contributed by atoms with Crippen molar-refractivity contribution < 1.29 is 22.7 Å². The Morgan fingerprint density at radius 2 is 2.19 bits per heavy atom. The average molecular weight is 316 g/mol. The van der Waals surface area contributed by atoms with Crippen LogP contribution >= 0.6 is 0 Å². The number of carboxylic acids is 1. The van der Waals surface area contributed by atoms with E-state index >= 15 is 0 Å². The van der Waals surface area contributed by atoms with Gasteiger partial charge in [0.25, 0.3) is 10.2 Å². The number of carbonyl (C=O) groups is 1. The van der Waals surface area contributed by atoms with Gasteiger partial charge in [0.1, 0.15) is 17.6 Å². The Hall–Kier alpha value is -1.38. The van der Waals surface area contributed by atoms with E-state index in [1.165, 1.54) is 7.05 Å². The lowest BCUT2D eigenvalue weighted by molar-refractivity contribution is -0.142. The van der Waals surface area contributed by atoms with E-state index in [4.69, 9.17) is 4.42 Å². The molecule has 1 atom stereocenters. The summed E-state index contributed by atoms with van der Waals surface area (Å²) >= 11 is 0. The van der Waals surface area contributed by atoms with E-state index in [-0.39, 0.29) is 13.1 Å². The normalized spacial score (nSPS) is 20.8. The largest absolute Gasteiger partial charge is 0.480 e. The molecule has 1 N–H and O–H groups in total. The number of hydrogen-bond acceptors (Lipinski definition) is 4. The number of carboxylic acid groups (broad SMARTS) is 1. The minimum absolute atomic E-state index is 0.0824. The molecule has 0 amide bonds. The first-order valence-corrected chi connectivity index (χ1v) is 8.23. The number of hydrogen-bond donors (Lipinski definition) is 1. The molecule has 1 aliphatic rings. The molecule has 0 saturated carbocycles. The van der Waals surface area contributed by atoms with Crippen LogP contribution in [0.5, 0.6) is 0 Å². The van der Waals surface area contributed by atoms with Crippen molar-refractivity contribution in [2.45, 2.75) is 38.8 Å². The van der Waals surface area contributed by atoms with Gasteiger partial charge in [-0.05, 0) is 38.3 Å². The summed E-state index contributed by atoms with van der Waals surface area (Å²) in [6.07, 6.45) is 1.75. The van der Waals surface area contributed by atoms with Crippen LogP contribution in [-0.2, 0) is 21.5 Å². The van der Waals surface area contributed by atoms with Crippen molar-refractivity contribution in [3.8, 4) is 0 Å². The molecule has 0 radical (unpaired) electrons. The monoisotopic (exact) mass is 316 g/mol. The predicted molar refractivity (Wildman–Crippen MR) is 75.8 cm³/mol. The van der Waals surface area contributed by atoms with Crippen molar-refractivity contribution in [2.75, 3.05) is 13.6 Å². The van der Waals surface area contributed by atoms with Crippen LogP contribution in [0.2, 0.25) is 0 Å². The highest BCUT2D eigenvalue weighted by atomic mass is 32.2. The zero-order chi connectivity index (χ0) is 15.6. The highest BCUT2D eigenvalue weighted by Gasteiger charge is 2.39. The fourth-order valence-corrected chi connectivity index (χ4v) is 4.00. The number of piperidine rings is 1. The van der Waals surface area contributed by atoms with Gasteiger partial charge >= 0.3 is 5.97 Å². The number of furan rings is 1. The Balaban J connectivity index is 2.17. The molecule has 1 saturated heterocycles. The van der Waals surface area contributed by atoms with E-state index in [0.29, 0.717) is 24.4 Å². The van der Waals surface area contributed by atoms with Crippen LogP contribution in [0.4, 0.5) is 0 Å². The molecule has 1 unspecified atom stereocenters. The molecule has 21 heavy (non-hydrogen) atoms. The van der Waals surface area contributed by atoms with Crippen LogP contribution in [0.1, 0.15) is 30.8 Å². The maximum absolute atomic E-state index is 12.6. The summed E-state index contributed by atoms with van der Waals surface area (Å²) in [4.78, 5) is 11.3. The van der Waals surface area contributed by atoms with Crippen LogP contribution in [0.15, 0.2) is 16.5 Å². The molecule has 1 aromatic rings. The topological polar surface area (TPSA) is 91.1 Å². The quantitative estimate of drug-likeness (QED) is 0.881. The molecular formula is C13H20N2O5S. The Bertz CT molecular complexity index is 610. The van der Waals surface area contributed by atoms with E-state index in [0.717, 1.165) is 15.0 Å². The summed E-state index contributed by atoms with van der Waals surface area (Å²) in [6, 6.07) is 2.49. The molecule has 7 nitrogen and oxygen atoms in total. The molecule has 118 valence electrons. The molecule has 0 aliphatic carbocycles. The number of nitrogens with zero attached hydrogens (tertiary/aromatic N) is 2. The van der Waals surface area contributed by atoms with Gasteiger partial charge in [0, 0.05) is 13.6 Å².